The molecular weight excluding hydrogens is 184 g/mol. The van der Waals surface area contributed by atoms with Crippen molar-refractivity contribution in [3.63, 3.8) is 0 Å². The van der Waals surface area contributed by atoms with Crippen LogP contribution in [0.15, 0.2) is 23.4 Å². The van der Waals surface area contributed by atoms with Gasteiger partial charge in [0.15, 0.2) is 0 Å². The molecule has 0 N–H and O–H groups in total. The first-order valence-corrected chi connectivity index (χ1v) is 6.24. The van der Waals surface area contributed by atoms with Gasteiger partial charge in [-0.1, -0.05) is 70.1 Å². The monoisotopic (exact) mass is 205 g/mol. The van der Waals surface area contributed by atoms with Gasteiger partial charge in [-0.2, -0.15) is 0 Å². The molecule has 14 heavy (non-hydrogen) atoms. The molecule has 0 nitrogen and oxygen atoms in total. The Balaban J connectivity index is 3.03. The molecule has 0 bridgehead atoms. The van der Waals surface area contributed by atoms with Gasteiger partial charge in [0.25, 0.3) is 0 Å². The Labute approximate surface area is 90.5 Å². The van der Waals surface area contributed by atoms with Crippen LogP contribution in [0.1, 0.15) is 41.5 Å². The van der Waals surface area contributed by atoms with Crippen molar-refractivity contribution >= 4 is 14.3 Å². The highest BCUT2D eigenvalue weighted by Gasteiger charge is 2.21. The lowest BCUT2D eigenvalue weighted by atomic mass is 9.91. The van der Waals surface area contributed by atoms with Gasteiger partial charge in [0.1, 0.15) is 0 Å². The summed E-state index contributed by atoms with van der Waals surface area (Å²) in [7, 11) is 0.878. The fraction of sp³-hybridized carbons (Fsp3) is 0.615. The standard InChI is InChI=1S/C13H21Si/c1-12(2,3)10-8-7-9-11(14-10)13(4,5)6/h7-9H,1-6H3. The van der Waals surface area contributed by atoms with Gasteiger partial charge < -0.3 is 0 Å². The van der Waals surface area contributed by atoms with Gasteiger partial charge in [-0.25, -0.2) is 0 Å². The minimum absolute atomic E-state index is 0.319. The highest BCUT2D eigenvalue weighted by Crippen LogP contribution is 2.27. The maximum absolute atomic E-state index is 2.30. The van der Waals surface area contributed by atoms with Crippen molar-refractivity contribution in [3.8, 4) is 0 Å². The second-order valence-electron chi connectivity index (χ2n) is 5.98. The molecule has 1 aliphatic heterocycles. The predicted molar refractivity (Wildman–Crippen MR) is 66.9 cm³/mol. The van der Waals surface area contributed by atoms with Crippen LogP contribution in [0, 0.1) is 10.8 Å². The molecule has 1 aliphatic rings. The van der Waals surface area contributed by atoms with Crippen molar-refractivity contribution in [1.29, 1.82) is 0 Å². The lowest BCUT2D eigenvalue weighted by Gasteiger charge is -2.27. The van der Waals surface area contributed by atoms with Gasteiger partial charge in [0.2, 0.25) is 0 Å². The van der Waals surface area contributed by atoms with Crippen LogP contribution in [0.3, 0.4) is 0 Å². The first-order valence-electron chi connectivity index (χ1n) is 5.24. The van der Waals surface area contributed by atoms with Gasteiger partial charge in [-0.3, -0.25) is 0 Å². The highest BCUT2D eigenvalue weighted by atomic mass is 28.2. The zero-order valence-electron chi connectivity index (χ0n) is 10.2. The lowest BCUT2D eigenvalue weighted by Crippen LogP contribution is -2.26. The smallest absolute Gasteiger partial charge is 0.0590 e. The van der Waals surface area contributed by atoms with Gasteiger partial charge in [0, 0.05) is 0 Å². The molecule has 0 saturated heterocycles. The van der Waals surface area contributed by atoms with Crippen LogP contribution in [0.25, 0.3) is 0 Å². The molecule has 0 atom stereocenters. The fourth-order valence-electron chi connectivity index (χ4n) is 1.34. The van der Waals surface area contributed by atoms with Gasteiger partial charge in [-0.15, -0.1) is 0 Å². The molecule has 1 radical (unpaired) electrons. The molecular formula is C13H21Si. The molecule has 1 rings (SSSR count). The number of rotatable bonds is 0. The molecule has 0 amide bonds. The van der Waals surface area contributed by atoms with Crippen molar-refractivity contribution in [2.24, 2.45) is 10.8 Å². The molecule has 0 fully saturated rings. The summed E-state index contributed by atoms with van der Waals surface area (Å²) in [6, 6.07) is 0. The van der Waals surface area contributed by atoms with Crippen LogP contribution in [-0.4, -0.2) is 14.3 Å². The molecule has 0 spiro atoms. The first-order chi connectivity index (χ1) is 6.21. The third-order valence-electron chi connectivity index (χ3n) is 2.41. The number of hydrogen-bond acceptors (Lipinski definition) is 0. The van der Waals surface area contributed by atoms with E-state index in [2.05, 4.69) is 59.8 Å². The molecule has 0 aromatic rings. The van der Waals surface area contributed by atoms with Crippen LogP contribution < -0.4 is 0 Å². The van der Waals surface area contributed by atoms with E-state index in [1.807, 2.05) is 0 Å². The molecule has 0 aliphatic carbocycles. The van der Waals surface area contributed by atoms with E-state index >= 15 is 0 Å². The third-order valence-corrected chi connectivity index (χ3v) is 4.78. The van der Waals surface area contributed by atoms with Crippen LogP contribution in [0.4, 0.5) is 0 Å². The average molecular weight is 205 g/mol. The van der Waals surface area contributed by atoms with Gasteiger partial charge in [0.05, 0.1) is 9.13 Å². The Morgan fingerprint density at radius 3 is 1.93 bits per heavy atom. The molecule has 1 heterocycles. The topological polar surface area (TPSA) is 0 Å². The van der Waals surface area contributed by atoms with Crippen LogP contribution in [0.5, 0.6) is 0 Å². The maximum Gasteiger partial charge on any atom is 0.0590 e. The molecule has 77 valence electrons. The molecule has 0 aromatic carbocycles. The Hall–Kier alpha value is -0.433. The van der Waals surface area contributed by atoms with E-state index in [4.69, 9.17) is 0 Å². The van der Waals surface area contributed by atoms with E-state index in [9.17, 15) is 0 Å². The fourth-order valence-corrected chi connectivity index (χ4v) is 2.74. The minimum atomic E-state index is 0.319. The zero-order chi connectivity index (χ0) is 11.0. The van der Waals surface area contributed by atoms with E-state index in [-0.39, 0.29) is 0 Å². The normalized spacial score (nSPS) is 17.9. The summed E-state index contributed by atoms with van der Waals surface area (Å²) in [5, 5.41) is 3.15. The van der Waals surface area contributed by atoms with Crippen molar-refractivity contribution in [3.05, 3.63) is 23.4 Å². The zero-order valence-corrected chi connectivity index (χ0v) is 11.2. The molecule has 0 aromatic heterocycles. The Morgan fingerprint density at radius 1 is 0.929 bits per heavy atom. The summed E-state index contributed by atoms with van der Waals surface area (Å²) in [6.07, 6.45) is 6.78. The van der Waals surface area contributed by atoms with Gasteiger partial charge >= 0.3 is 0 Å². The molecule has 0 unspecified atom stereocenters. The Kier molecular flexibility index (Phi) is 3.01. The van der Waals surface area contributed by atoms with Crippen LogP contribution in [0.2, 0.25) is 0 Å². The quantitative estimate of drug-likeness (QED) is 0.532. The van der Waals surface area contributed by atoms with Crippen molar-refractivity contribution < 1.29 is 0 Å². The van der Waals surface area contributed by atoms with E-state index in [1.165, 1.54) is 0 Å². The van der Waals surface area contributed by atoms with Crippen molar-refractivity contribution in [1.82, 2.24) is 0 Å². The summed E-state index contributed by atoms with van der Waals surface area (Å²) >= 11 is 0. The number of allylic oxidation sites excluding steroid dienone is 4. The Bertz CT molecular complexity index is 288. The van der Waals surface area contributed by atoms with E-state index in [1.54, 1.807) is 10.4 Å². The van der Waals surface area contributed by atoms with Crippen LogP contribution >= 0.6 is 0 Å². The Morgan fingerprint density at radius 2 is 1.50 bits per heavy atom. The summed E-state index contributed by atoms with van der Waals surface area (Å²) in [4.78, 5) is 0. The minimum Gasteiger partial charge on any atom is -0.0628 e. The van der Waals surface area contributed by atoms with Gasteiger partial charge in [-0.05, 0) is 10.8 Å². The highest BCUT2D eigenvalue weighted by molar-refractivity contribution is 6.64. The predicted octanol–water partition coefficient (Wildman–Crippen LogP) is 3.41. The molecule has 0 saturated carbocycles. The second-order valence-corrected chi connectivity index (χ2v) is 7.31. The average Bonchev–Trinajstić information content (AvgIpc) is 2.01. The van der Waals surface area contributed by atoms with E-state index in [0.717, 1.165) is 9.13 Å². The third kappa shape index (κ3) is 2.78. The summed E-state index contributed by atoms with van der Waals surface area (Å²) in [6.45, 7) is 13.8. The van der Waals surface area contributed by atoms with E-state index in [0.29, 0.717) is 10.8 Å². The van der Waals surface area contributed by atoms with Crippen molar-refractivity contribution in [2.45, 2.75) is 41.5 Å². The first kappa shape index (κ1) is 11.6. The van der Waals surface area contributed by atoms with E-state index < -0.39 is 0 Å². The lowest BCUT2D eigenvalue weighted by molar-refractivity contribution is 0.529. The summed E-state index contributed by atoms with van der Waals surface area (Å²) in [5.74, 6) is 0. The summed E-state index contributed by atoms with van der Waals surface area (Å²) in [5.41, 5.74) is 0.638. The maximum atomic E-state index is 2.30. The summed E-state index contributed by atoms with van der Waals surface area (Å²) < 4.78 is 0. The number of hydrogen-bond donors (Lipinski definition) is 0. The SMILES string of the molecule is CC(C)(C)C1=CC=CC(C(C)(C)C)=[Si]1. The molecule has 1 heteroatoms. The van der Waals surface area contributed by atoms with Crippen molar-refractivity contribution in [2.75, 3.05) is 0 Å². The second kappa shape index (κ2) is 3.61. The largest absolute Gasteiger partial charge is 0.0628 e. The van der Waals surface area contributed by atoms with Crippen LogP contribution in [-0.2, 0) is 0 Å².